The van der Waals surface area contributed by atoms with Gasteiger partial charge in [0.2, 0.25) is 0 Å². The van der Waals surface area contributed by atoms with Crippen LogP contribution in [0.5, 0.6) is 0 Å². The van der Waals surface area contributed by atoms with E-state index in [4.69, 9.17) is 0 Å². The lowest BCUT2D eigenvalue weighted by molar-refractivity contribution is 0.0544. The van der Waals surface area contributed by atoms with Gasteiger partial charge < -0.3 is 5.11 Å². The first-order valence-electron chi connectivity index (χ1n) is 5.26. The van der Waals surface area contributed by atoms with E-state index in [9.17, 15) is 5.11 Å². The van der Waals surface area contributed by atoms with Crippen molar-refractivity contribution in [3.05, 3.63) is 12.2 Å². The quantitative estimate of drug-likeness (QED) is 0.665. The molecule has 0 amide bonds. The molecule has 13 heavy (non-hydrogen) atoms. The molecule has 1 rings (SSSR count). The standard InChI is InChI=1S/C12H22O/c1-9(2)8-11(13)10-6-5-7-12(10,3)4/h10-11,13H,1,5-8H2,2-4H3. The molecule has 0 saturated heterocycles. The van der Waals surface area contributed by atoms with Crippen molar-refractivity contribution >= 4 is 0 Å². The molecule has 1 nitrogen and oxygen atoms in total. The van der Waals surface area contributed by atoms with Gasteiger partial charge in [0.1, 0.15) is 0 Å². The van der Waals surface area contributed by atoms with E-state index in [1.165, 1.54) is 19.3 Å². The van der Waals surface area contributed by atoms with Crippen LogP contribution in [-0.2, 0) is 0 Å². The number of hydrogen-bond donors (Lipinski definition) is 1. The molecular formula is C12H22O. The smallest absolute Gasteiger partial charge is 0.0610 e. The van der Waals surface area contributed by atoms with Gasteiger partial charge in [-0.2, -0.15) is 0 Å². The van der Waals surface area contributed by atoms with Crippen molar-refractivity contribution in [3.63, 3.8) is 0 Å². The zero-order chi connectivity index (χ0) is 10.1. The minimum Gasteiger partial charge on any atom is -0.392 e. The summed E-state index contributed by atoms with van der Waals surface area (Å²) in [5.74, 6) is 0.476. The van der Waals surface area contributed by atoms with Gasteiger partial charge in [0, 0.05) is 0 Å². The van der Waals surface area contributed by atoms with Gasteiger partial charge in [-0.1, -0.05) is 25.8 Å². The lowest BCUT2D eigenvalue weighted by atomic mass is 9.77. The largest absolute Gasteiger partial charge is 0.392 e. The summed E-state index contributed by atoms with van der Waals surface area (Å²) >= 11 is 0. The maximum absolute atomic E-state index is 9.99. The Morgan fingerprint density at radius 2 is 2.23 bits per heavy atom. The maximum atomic E-state index is 9.99. The van der Waals surface area contributed by atoms with Gasteiger partial charge in [-0.15, -0.1) is 6.58 Å². The van der Waals surface area contributed by atoms with Crippen molar-refractivity contribution in [2.24, 2.45) is 11.3 Å². The van der Waals surface area contributed by atoms with Gasteiger partial charge in [0.25, 0.3) is 0 Å². The SMILES string of the molecule is C=C(C)CC(O)C1CCCC1(C)C. The Labute approximate surface area is 81.9 Å². The topological polar surface area (TPSA) is 20.2 Å². The van der Waals surface area contributed by atoms with Crippen LogP contribution < -0.4 is 0 Å². The van der Waals surface area contributed by atoms with E-state index >= 15 is 0 Å². The van der Waals surface area contributed by atoms with Gasteiger partial charge >= 0.3 is 0 Å². The Kier molecular flexibility index (Phi) is 3.18. The van der Waals surface area contributed by atoms with Crippen LogP contribution in [0.25, 0.3) is 0 Å². The zero-order valence-corrected chi connectivity index (χ0v) is 9.14. The Morgan fingerprint density at radius 1 is 1.62 bits per heavy atom. The molecule has 0 aliphatic heterocycles. The highest BCUT2D eigenvalue weighted by Crippen LogP contribution is 2.45. The van der Waals surface area contributed by atoms with Crippen LogP contribution in [0.3, 0.4) is 0 Å². The van der Waals surface area contributed by atoms with Crippen LogP contribution in [-0.4, -0.2) is 11.2 Å². The lowest BCUT2D eigenvalue weighted by Crippen LogP contribution is -2.29. The number of hydrogen-bond acceptors (Lipinski definition) is 1. The fourth-order valence-electron chi connectivity index (χ4n) is 2.57. The molecule has 2 atom stereocenters. The number of aliphatic hydroxyl groups is 1. The van der Waals surface area contributed by atoms with Gasteiger partial charge in [0.05, 0.1) is 6.10 Å². The fraction of sp³-hybridized carbons (Fsp3) is 0.833. The first kappa shape index (κ1) is 10.8. The molecule has 1 saturated carbocycles. The molecule has 1 fully saturated rings. The van der Waals surface area contributed by atoms with Crippen molar-refractivity contribution in [1.29, 1.82) is 0 Å². The summed E-state index contributed by atoms with van der Waals surface area (Å²) in [5.41, 5.74) is 1.42. The second-order valence-electron chi connectivity index (χ2n) is 5.22. The average molecular weight is 182 g/mol. The Bertz CT molecular complexity index is 193. The Morgan fingerprint density at radius 3 is 2.62 bits per heavy atom. The molecular weight excluding hydrogens is 160 g/mol. The van der Waals surface area contributed by atoms with Crippen molar-refractivity contribution in [2.45, 2.75) is 52.6 Å². The molecule has 0 aromatic rings. The minimum atomic E-state index is -0.171. The summed E-state index contributed by atoms with van der Waals surface area (Å²) < 4.78 is 0. The molecule has 0 spiro atoms. The predicted octanol–water partition coefficient (Wildman–Crippen LogP) is 3.14. The first-order valence-corrected chi connectivity index (χ1v) is 5.26. The number of rotatable bonds is 3. The summed E-state index contributed by atoms with van der Waals surface area (Å²) in [6.07, 6.45) is 4.31. The fourth-order valence-corrected chi connectivity index (χ4v) is 2.57. The van der Waals surface area contributed by atoms with Crippen LogP contribution in [0.4, 0.5) is 0 Å². The van der Waals surface area contributed by atoms with Gasteiger partial charge in [-0.3, -0.25) is 0 Å². The van der Waals surface area contributed by atoms with Crippen LogP contribution >= 0.6 is 0 Å². The first-order chi connectivity index (χ1) is 5.93. The summed E-state index contributed by atoms with van der Waals surface area (Å²) in [4.78, 5) is 0. The van der Waals surface area contributed by atoms with Crippen molar-refractivity contribution in [1.82, 2.24) is 0 Å². The average Bonchev–Trinajstić information content (AvgIpc) is 2.27. The second kappa shape index (κ2) is 3.83. The summed E-state index contributed by atoms with van der Waals surface area (Å²) in [6, 6.07) is 0. The van der Waals surface area contributed by atoms with Crippen LogP contribution in [0.15, 0.2) is 12.2 Å². The van der Waals surface area contributed by atoms with Crippen molar-refractivity contribution < 1.29 is 5.11 Å². The minimum absolute atomic E-state index is 0.171. The summed E-state index contributed by atoms with van der Waals surface area (Å²) in [6.45, 7) is 10.4. The van der Waals surface area contributed by atoms with E-state index in [2.05, 4.69) is 20.4 Å². The van der Waals surface area contributed by atoms with Crippen molar-refractivity contribution in [2.75, 3.05) is 0 Å². The molecule has 2 unspecified atom stereocenters. The molecule has 1 N–H and O–H groups in total. The highest BCUT2D eigenvalue weighted by atomic mass is 16.3. The van der Waals surface area contributed by atoms with Crippen LogP contribution in [0, 0.1) is 11.3 Å². The van der Waals surface area contributed by atoms with Gasteiger partial charge in [0.15, 0.2) is 0 Å². The van der Waals surface area contributed by atoms with Crippen LogP contribution in [0.1, 0.15) is 46.5 Å². The molecule has 0 heterocycles. The molecule has 76 valence electrons. The Balaban J connectivity index is 2.55. The number of aliphatic hydroxyl groups excluding tert-OH is 1. The second-order valence-corrected chi connectivity index (χ2v) is 5.22. The monoisotopic (exact) mass is 182 g/mol. The summed E-state index contributed by atoms with van der Waals surface area (Å²) in [7, 11) is 0. The third kappa shape index (κ3) is 2.57. The van der Waals surface area contributed by atoms with E-state index < -0.39 is 0 Å². The molecule has 1 aliphatic rings. The van der Waals surface area contributed by atoms with E-state index in [-0.39, 0.29) is 6.10 Å². The Hall–Kier alpha value is -0.300. The van der Waals surface area contributed by atoms with E-state index in [0.29, 0.717) is 11.3 Å². The molecule has 0 bridgehead atoms. The van der Waals surface area contributed by atoms with E-state index in [0.717, 1.165) is 12.0 Å². The van der Waals surface area contributed by atoms with Crippen molar-refractivity contribution in [3.8, 4) is 0 Å². The molecule has 0 aromatic carbocycles. The summed E-state index contributed by atoms with van der Waals surface area (Å²) in [5, 5.41) is 9.99. The normalized spacial score (nSPS) is 28.8. The van der Waals surface area contributed by atoms with E-state index in [1.54, 1.807) is 0 Å². The molecule has 0 aromatic heterocycles. The molecule has 0 radical (unpaired) electrons. The van der Waals surface area contributed by atoms with E-state index in [1.807, 2.05) is 6.92 Å². The highest BCUT2D eigenvalue weighted by molar-refractivity contribution is 4.97. The maximum Gasteiger partial charge on any atom is 0.0610 e. The third-order valence-corrected chi connectivity index (χ3v) is 3.36. The zero-order valence-electron chi connectivity index (χ0n) is 9.14. The lowest BCUT2D eigenvalue weighted by Gasteiger charge is -2.31. The highest BCUT2D eigenvalue weighted by Gasteiger charge is 2.38. The van der Waals surface area contributed by atoms with Crippen LogP contribution in [0.2, 0.25) is 0 Å². The third-order valence-electron chi connectivity index (χ3n) is 3.36. The van der Waals surface area contributed by atoms with Gasteiger partial charge in [-0.25, -0.2) is 0 Å². The molecule has 1 aliphatic carbocycles. The van der Waals surface area contributed by atoms with Gasteiger partial charge in [-0.05, 0) is 37.5 Å². The predicted molar refractivity (Wildman–Crippen MR) is 56.6 cm³/mol. The molecule has 1 heteroatoms.